The maximum absolute atomic E-state index is 12.3. The highest BCUT2D eigenvalue weighted by atomic mass is 32.2. The van der Waals surface area contributed by atoms with Crippen LogP contribution in [0.2, 0.25) is 0 Å². The van der Waals surface area contributed by atoms with Crippen LogP contribution in [-0.2, 0) is 16.4 Å². The van der Waals surface area contributed by atoms with Crippen LogP contribution in [0.15, 0.2) is 16.3 Å². The number of nitrogens with zero attached hydrogens (tertiary/aromatic N) is 1. The van der Waals surface area contributed by atoms with Gasteiger partial charge in [0, 0.05) is 18.0 Å². The van der Waals surface area contributed by atoms with Crippen LogP contribution in [-0.4, -0.2) is 38.9 Å². The zero-order chi connectivity index (χ0) is 14.5. The molecule has 110 valence electrons. The lowest BCUT2D eigenvalue weighted by atomic mass is 10.3. The Hall–Kier alpha value is -0.430. The average molecular weight is 304 g/mol. The SMILES string of the molecule is CCCNCCc1ccc(S(=O)(=O)N(C)C(C)C)s1. The van der Waals surface area contributed by atoms with Gasteiger partial charge in [0.2, 0.25) is 0 Å². The minimum absolute atomic E-state index is 0.0261. The summed E-state index contributed by atoms with van der Waals surface area (Å²) in [4.78, 5) is 1.11. The first-order valence-electron chi connectivity index (χ1n) is 6.67. The fraction of sp³-hybridized carbons (Fsp3) is 0.692. The van der Waals surface area contributed by atoms with E-state index in [-0.39, 0.29) is 6.04 Å². The Morgan fingerprint density at radius 3 is 2.58 bits per heavy atom. The summed E-state index contributed by atoms with van der Waals surface area (Å²) in [5.41, 5.74) is 0. The number of rotatable bonds is 8. The van der Waals surface area contributed by atoms with Crippen molar-refractivity contribution < 1.29 is 8.42 Å². The lowest BCUT2D eigenvalue weighted by Gasteiger charge is -2.19. The summed E-state index contributed by atoms with van der Waals surface area (Å²) >= 11 is 1.37. The van der Waals surface area contributed by atoms with Gasteiger partial charge in [-0.05, 0) is 51.9 Å². The van der Waals surface area contributed by atoms with E-state index in [0.717, 1.165) is 30.8 Å². The van der Waals surface area contributed by atoms with E-state index in [0.29, 0.717) is 4.21 Å². The summed E-state index contributed by atoms with van der Waals surface area (Å²) in [6, 6.07) is 3.61. The van der Waals surface area contributed by atoms with E-state index in [9.17, 15) is 8.42 Å². The molecule has 0 aliphatic heterocycles. The van der Waals surface area contributed by atoms with Crippen LogP contribution in [0.1, 0.15) is 32.1 Å². The summed E-state index contributed by atoms with van der Waals surface area (Å²) in [5, 5.41) is 3.32. The Morgan fingerprint density at radius 1 is 1.32 bits per heavy atom. The van der Waals surface area contributed by atoms with E-state index in [1.807, 2.05) is 19.9 Å². The van der Waals surface area contributed by atoms with Crippen LogP contribution in [0.25, 0.3) is 0 Å². The van der Waals surface area contributed by atoms with Crippen molar-refractivity contribution in [2.45, 2.75) is 43.9 Å². The molecule has 19 heavy (non-hydrogen) atoms. The highest BCUT2D eigenvalue weighted by Crippen LogP contribution is 2.25. The molecule has 0 saturated heterocycles. The third-order valence-corrected chi connectivity index (χ3v) is 6.62. The van der Waals surface area contributed by atoms with Crippen molar-refractivity contribution in [1.82, 2.24) is 9.62 Å². The van der Waals surface area contributed by atoms with Gasteiger partial charge in [-0.2, -0.15) is 4.31 Å². The second-order valence-corrected chi connectivity index (χ2v) is 8.23. The Labute approximate surface area is 120 Å². The number of nitrogens with one attached hydrogen (secondary N) is 1. The van der Waals surface area contributed by atoms with Gasteiger partial charge in [-0.3, -0.25) is 0 Å². The monoisotopic (exact) mass is 304 g/mol. The third kappa shape index (κ3) is 4.56. The van der Waals surface area contributed by atoms with Gasteiger partial charge in [0.1, 0.15) is 4.21 Å². The first kappa shape index (κ1) is 16.6. The zero-order valence-electron chi connectivity index (χ0n) is 12.1. The van der Waals surface area contributed by atoms with Crippen molar-refractivity contribution in [3.8, 4) is 0 Å². The van der Waals surface area contributed by atoms with Gasteiger partial charge in [-0.25, -0.2) is 8.42 Å². The van der Waals surface area contributed by atoms with Crippen molar-refractivity contribution in [3.05, 3.63) is 17.0 Å². The molecular weight excluding hydrogens is 280 g/mol. The molecule has 6 heteroatoms. The Balaban J connectivity index is 2.68. The average Bonchev–Trinajstić information content (AvgIpc) is 2.83. The number of sulfonamides is 1. The molecule has 0 saturated carbocycles. The molecule has 0 bridgehead atoms. The Morgan fingerprint density at radius 2 is 2.00 bits per heavy atom. The number of hydrogen-bond donors (Lipinski definition) is 1. The van der Waals surface area contributed by atoms with Crippen molar-refractivity contribution in [3.63, 3.8) is 0 Å². The predicted molar refractivity (Wildman–Crippen MR) is 81.3 cm³/mol. The second-order valence-electron chi connectivity index (χ2n) is 4.84. The van der Waals surface area contributed by atoms with E-state index >= 15 is 0 Å². The molecule has 0 aromatic carbocycles. The standard InChI is InChI=1S/C13H24N2O2S2/c1-5-9-14-10-8-12-6-7-13(18-12)19(16,17)15(4)11(2)3/h6-7,11,14H,5,8-10H2,1-4H3. The fourth-order valence-electron chi connectivity index (χ4n) is 1.56. The van der Waals surface area contributed by atoms with Crippen LogP contribution >= 0.6 is 11.3 Å². The molecule has 0 unspecified atom stereocenters. The van der Waals surface area contributed by atoms with E-state index in [1.54, 1.807) is 13.1 Å². The van der Waals surface area contributed by atoms with Crippen molar-refractivity contribution >= 4 is 21.4 Å². The molecule has 0 aliphatic rings. The van der Waals surface area contributed by atoms with Gasteiger partial charge in [0.25, 0.3) is 10.0 Å². The molecule has 0 atom stereocenters. The molecule has 1 rings (SSSR count). The van der Waals surface area contributed by atoms with Crippen molar-refractivity contribution in [2.24, 2.45) is 0 Å². The molecule has 1 heterocycles. The van der Waals surface area contributed by atoms with E-state index < -0.39 is 10.0 Å². The molecule has 0 fully saturated rings. The van der Waals surface area contributed by atoms with Crippen LogP contribution in [0.3, 0.4) is 0 Å². The van der Waals surface area contributed by atoms with Crippen LogP contribution < -0.4 is 5.32 Å². The smallest absolute Gasteiger partial charge is 0.252 e. The number of hydrogen-bond acceptors (Lipinski definition) is 4. The van der Waals surface area contributed by atoms with E-state index in [1.165, 1.54) is 15.6 Å². The largest absolute Gasteiger partial charge is 0.316 e. The summed E-state index contributed by atoms with van der Waals surface area (Å²) < 4.78 is 26.4. The van der Waals surface area contributed by atoms with E-state index in [2.05, 4.69) is 12.2 Å². The normalized spacial score (nSPS) is 12.5. The molecule has 0 amide bonds. The minimum Gasteiger partial charge on any atom is -0.316 e. The highest BCUT2D eigenvalue weighted by molar-refractivity contribution is 7.91. The Bertz CT molecular complexity index is 481. The summed E-state index contributed by atoms with van der Waals surface area (Å²) in [6.45, 7) is 7.78. The molecule has 1 aromatic heterocycles. The summed E-state index contributed by atoms with van der Waals surface area (Å²) in [7, 11) is -1.69. The van der Waals surface area contributed by atoms with Crippen LogP contribution in [0.4, 0.5) is 0 Å². The van der Waals surface area contributed by atoms with Gasteiger partial charge < -0.3 is 5.32 Å². The molecule has 0 spiro atoms. The quantitative estimate of drug-likeness (QED) is 0.750. The van der Waals surface area contributed by atoms with Crippen molar-refractivity contribution in [1.29, 1.82) is 0 Å². The third-order valence-electron chi connectivity index (χ3n) is 2.97. The summed E-state index contributed by atoms with van der Waals surface area (Å²) in [6.07, 6.45) is 1.99. The minimum atomic E-state index is -3.32. The first-order valence-corrected chi connectivity index (χ1v) is 8.92. The van der Waals surface area contributed by atoms with Gasteiger partial charge in [0.15, 0.2) is 0 Å². The maximum atomic E-state index is 12.3. The molecule has 0 radical (unpaired) electrons. The molecular formula is C13H24N2O2S2. The highest BCUT2D eigenvalue weighted by Gasteiger charge is 2.24. The molecule has 4 nitrogen and oxygen atoms in total. The number of thiophene rings is 1. The molecule has 1 aromatic rings. The van der Waals surface area contributed by atoms with Gasteiger partial charge in [-0.15, -0.1) is 11.3 Å². The maximum Gasteiger partial charge on any atom is 0.252 e. The summed E-state index contributed by atoms with van der Waals surface area (Å²) in [5.74, 6) is 0. The Kier molecular flexibility index (Phi) is 6.46. The molecule has 1 N–H and O–H groups in total. The molecule has 0 aliphatic carbocycles. The van der Waals surface area contributed by atoms with Gasteiger partial charge in [-0.1, -0.05) is 6.92 Å². The zero-order valence-corrected chi connectivity index (χ0v) is 13.8. The van der Waals surface area contributed by atoms with Gasteiger partial charge in [0.05, 0.1) is 0 Å². The lowest BCUT2D eigenvalue weighted by molar-refractivity contribution is 0.412. The van der Waals surface area contributed by atoms with Crippen LogP contribution in [0, 0.1) is 0 Å². The lowest BCUT2D eigenvalue weighted by Crippen LogP contribution is -2.32. The predicted octanol–water partition coefficient (Wildman–Crippen LogP) is 2.32. The van der Waals surface area contributed by atoms with Crippen LogP contribution in [0.5, 0.6) is 0 Å². The van der Waals surface area contributed by atoms with Gasteiger partial charge >= 0.3 is 0 Å². The van der Waals surface area contributed by atoms with Crippen molar-refractivity contribution in [2.75, 3.05) is 20.1 Å². The first-order chi connectivity index (χ1) is 8.89. The second kappa shape index (κ2) is 7.38. The van der Waals surface area contributed by atoms with E-state index in [4.69, 9.17) is 0 Å². The fourth-order valence-corrected chi connectivity index (χ4v) is 4.47. The topological polar surface area (TPSA) is 49.4 Å².